The second-order valence-electron chi connectivity index (χ2n) is 5.13. The number of rotatable bonds is 1. The molecule has 1 aliphatic heterocycles. The van der Waals surface area contributed by atoms with Gasteiger partial charge in [0.25, 0.3) is 0 Å². The van der Waals surface area contributed by atoms with Crippen LogP contribution in [0.3, 0.4) is 0 Å². The van der Waals surface area contributed by atoms with E-state index in [-0.39, 0.29) is 24.2 Å². The number of carbonyl (C=O) groups is 1. The summed E-state index contributed by atoms with van der Waals surface area (Å²) >= 11 is 0. The summed E-state index contributed by atoms with van der Waals surface area (Å²) in [5.74, 6) is 1.00. The van der Waals surface area contributed by atoms with Crippen LogP contribution in [0.2, 0.25) is 0 Å². The molecule has 4 heteroatoms. The predicted octanol–water partition coefficient (Wildman–Crippen LogP) is 1.70. The van der Waals surface area contributed by atoms with Crippen LogP contribution in [0.15, 0.2) is 18.2 Å². The molecule has 1 aromatic rings. The Morgan fingerprint density at radius 1 is 1.39 bits per heavy atom. The van der Waals surface area contributed by atoms with Gasteiger partial charge in [-0.15, -0.1) is 0 Å². The van der Waals surface area contributed by atoms with Gasteiger partial charge in [0.05, 0.1) is 13.0 Å². The summed E-state index contributed by atoms with van der Waals surface area (Å²) in [6.45, 7) is 0.522. The summed E-state index contributed by atoms with van der Waals surface area (Å²) in [6.07, 6.45) is 1.84. The first kappa shape index (κ1) is 11.4. The largest absolute Gasteiger partial charge is 0.497 e. The maximum absolute atomic E-state index is 12.1. The molecule has 0 spiro atoms. The highest BCUT2D eigenvalue weighted by Crippen LogP contribution is 2.40. The average molecular weight is 246 g/mol. The van der Waals surface area contributed by atoms with Crippen molar-refractivity contribution in [3.05, 3.63) is 34.2 Å². The van der Waals surface area contributed by atoms with Crippen molar-refractivity contribution in [3.63, 3.8) is 0 Å². The molecule has 1 saturated heterocycles. The highest BCUT2D eigenvalue weighted by atomic mass is 16.5. The van der Waals surface area contributed by atoms with E-state index < -0.39 is 0 Å². The fraction of sp³-hybridized carbons (Fsp3) is 0.500. The van der Waals surface area contributed by atoms with Gasteiger partial charge in [0, 0.05) is 15.6 Å². The van der Waals surface area contributed by atoms with Crippen LogP contribution in [0.1, 0.15) is 23.5 Å². The van der Waals surface area contributed by atoms with Crippen molar-refractivity contribution in [1.82, 2.24) is 0 Å². The van der Waals surface area contributed by atoms with Gasteiger partial charge in [-0.2, -0.15) is 0 Å². The molecule has 0 aromatic heterocycles. The van der Waals surface area contributed by atoms with E-state index in [1.807, 2.05) is 18.2 Å². The third-order valence-electron chi connectivity index (χ3n) is 4.06. The summed E-state index contributed by atoms with van der Waals surface area (Å²) in [6, 6.07) is 5.91. The number of aryl methyl sites for hydroxylation is 1. The van der Waals surface area contributed by atoms with E-state index in [0.717, 1.165) is 28.9 Å². The SMILES string of the molecule is COc1ccc2c(c1)CCC1C[N+](=O)CC(=O)C21. The molecule has 0 radical (unpaired) electrons. The van der Waals surface area contributed by atoms with Crippen molar-refractivity contribution in [2.24, 2.45) is 5.92 Å². The number of ketones is 1. The first-order valence-corrected chi connectivity index (χ1v) is 6.30. The molecule has 1 aliphatic carbocycles. The van der Waals surface area contributed by atoms with Gasteiger partial charge in [-0.05, 0) is 36.1 Å². The first-order valence-electron chi connectivity index (χ1n) is 6.30. The van der Waals surface area contributed by atoms with E-state index in [0.29, 0.717) is 6.54 Å². The molecular weight excluding hydrogens is 230 g/mol. The van der Waals surface area contributed by atoms with Crippen molar-refractivity contribution >= 4 is 5.78 Å². The van der Waals surface area contributed by atoms with E-state index in [1.54, 1.807) is 7.11 Å². The molecule has 94 valence electrons. The van der Waals surface area contributed by atoms with Crippen LogP contribution in [-0.4, -0.2) is 30.7 Å². The molecule has 2 aliphatic rings. The molecule has 0 amide bonds. The molecule has 0 bridgehead atoms. The van der Waals surface area contributed by atoms with Crippen molar-refractivity contribution in [2.75, 3.05) is 20.2 Å². The minimum Gasteiger partial charge on any atom is -0.497 e. The van der Waals surface area contributed by atoms with Crippen molar-refractivity contribution in [2.45, 2.75) is 18.8 Å². The zero-order valence-corrected chi connectivity index (χ0v) is 10.4. The van der Waals surface area contributed by atoms with E-state index in [2.05, 4.69) is 0 Å². The van der Waals surface area contributed by atoms with Gasteiger partial charge >= 0.3 is 0 Å². The van der Waals surface area contributed by atoms with Crippen LogP contribution < -0.4 is 4.74 Å². The number of ether oxygens (including phenoxy) is 1. The van der Waals surface area contributed by atoms with Crippen LogP contribution in [0.4, 0.5) is 0 Å². The second-order valence-corrected chi connectivity index (χ2v) is 5.13. The van der Waals surface area contributed by atoms with E-state index in [4.69, 9.17) is 4.74 Å². The quantitative estimate of drug-likeness (QED) is 0.709. The van der Waals surface area contributed by atoms with Crippen molar-refractivity contribution in [1.29, 1.82) is 0 Å². The number of hydrogen-bond acceptors (Lipinski definition) is 3. The fourth-order valence-electron chi connectivity index (χ4n) is 3.22. The van der Waals surface area contributed by atoms with Crippen molar-refractivity contribution < 1.29 is 14.3 Å². The number of nitrogens with zero attached hydrogens (tertiary/aromatic N) is 1. The third-order valence-corrected chi connectivity index (χ3v) is 4.06. The molecule has 0 saturated carbocycles. The first-order chi connectivity index (χ1) is 8.69. The molecule has 1 aromatic carbocycles. The maximum Gasteiger partial charge on any atom is 0.250 e. The van der Waals surface area contributed by atoms with Gasteiger partial charge in [-0.25, -0.2) is 0 Å². The lowest BCUT2D eigenvalue weighted by Gasteiger charge is -2.32. The summed E-state index contributed by atoms with van der Waals surface area (Å²) in [4.78, 5) is 23.5. The lowest BCUT2D eigenvalue weighted by molar-refractivity contribution is -0.551. The van der Waals surface area contributed by atoms with E-state index >= 15 is 0 Å². The normalized spacial score (nSPS) is 26.5. The molecule has 2 atom stereocenters. The molecule has 18 heavy (non-hydrogen) atoms. The Morgan fingerprint density at radius 2 is 2.22 bits per heavy atom. The highest BCUT2D eigenvalue weighted by molar-refractivity contribution is 5.88. The molecule has 1 fully saturated rings. The van der Waals surface area contributed by atoms with E-state index in [9.17, 15) is 9.70 Å². The number of fused-ring (bicyclic) bond motifs is 3. The van der Waals surface area contributed by atoms with Gasteiger partial charge in [-0.1, -0.05) is 6.07 Å². The summed E-state index contributed by atoms with van der Waals surface area (Å²) < 4.78 is 6.12. The minimum absolute atomic E-state index is 0.0344. The number of benzene rings is 1. The van der Waals surface area contributed by atoms with Gasteiger partial charge in [0.1, 0.15) is 5.75 Å². The van der Waals surface area contributed by atoms with Gasteiger partial charge in [0.15, 0.2) is 6.54 Å². The Labute approximate surface area is 106 Å². The lowest BCUT2D eigenvalue weighted by atomic mass is 9.71. The molecular formula is C14H16NO3+. The number of carbonyl (C=O) groups excluding carboxylic acids is 1. The fourth-order valence-corrected chi connectivity index (χ4v) is 3.22. The van der Waals surface area contributed by atoms with Gasteiger partial charge in [-0.3, -0.25) is 4.79 Å². The topological polar surface area (TPSA) is 46.4 Å². The molecule has 0 N–H and O–H groups in total. The molecule has 3 rings (SSSR count). The Hall–Kier alpha value is -1.71. The zero-order valence-electron chi connectivity index (χ0n) is 10.4. The summed E-state index contributed by atoms with van der Waals surface area (Å²) in [7, 11) is 1.65. The number of methoxy groups -OCH3 is 1. The van der Waals surface area contributed by atoms with Crippen molar-refractivity contribution in [3.8, 4) is 5.75 Å². The smallest absolute Gasteiger partial charge is 0.250 e. The Kier molecular flexibility index (Phi) is 2.65. The Morgan fingerprint density at radius 3 is 3.00 bits per heavy atom. The number of hydrogen-bond donors (Lipinski definition) is 0. The second kappa shape index (κ2) is 4.19. The number of Topliss-reactive ketones (excluding diaryl/α,β-unsaturated/α-hetero) is 1. The van der Waals surface area contributed by atoms with Crippen LogP contribution in [0.5, 0.6) is 5.75 Å². The lowest BCUT2D eigenvalue weighted by Crippen LogP contribution is -2.42. The average Bonchev–Trinajstić information content (AvgIpc) is 2.37. The zero-order chi connectivity index (χ0) is 12.7. The van der Waals surface area contributed by atoms with Crippen LogP contribution in [0.25, 0.3) is 0 Å². The Balaban J connectivity index is 2.01. The molecule has 4 nitrogen and oxygen atoms in total. The van der Waals surface area contributed by atoms with Crippen LogP contribution in [-0.2, 0) is 11.2 Å². The summed E-state index contributed by atoms with van der Waals surface area (Å²) in [5.41, 5.74) is 2.30. The minimum atomic E-state index is -0.0788. The van der Waals surface area contributed by atoms with Crippen LogP contribution >= 0.6 is 0 Å². The third kappa shape index (κ3) is 1.72. The standard InChI is InChI=1S/C14H16NO3/c1-18-11-4-5-12-9(6-11)2-3-10-7-15(17)8-13(16)14(10)12/h4-6,10,14H,2-3,7-8H2,1H3/q+1. The highest BCUT2D eigenvalue weighted by Gasteiger charge is 2.44. The number of nitroso groups, excluding NO2 is 1. The predicted molar refractivity (Wildman–Crippen MR) is 65.9 cm³/mol. The van der Waals surface area contributed by atoms with Gasteiger partial charge < -0.3 is 4.74 Å². The molecule has 1 heterocycles. The van der Waals surface area contributed by atoms with Gasteiger partial charge in [0.2, 0.25) is 12.3 Å². The molecule has 2 unspecified atom stereocenters. The Bertz CT molecular complexity index is 524. The van der Waals surface area contributed by atoms with Crippen LogP contribution in [0, 0.1) is 10.8 Å². The summed E-state index contributed by atoms with van der Waals surface area (Å²) in [5, 5.41) is 0. The number of piperidine rings is 1. The monoisotopic (exact) mass is 246 g/mol. The van der Waals surface area contributed by atoms with E-state index in [1.165, 1.54) is 5.56 Å². The maximum atomic E-state index is 12.1.